The first kappa shape index (κ1) is 24.7. The topological polar surface area (TPSA) is 40.6 Å². The number of likely N-dealkylation sites (N-methyl/N-ethyl adjacent to an activating group) is 2. The first-order chi connectivity index (χ1) is 17.4. The Kier molecular flexibility index (Phi) is 7.45. The van der Waals surface area contributed by atoms with Gasteiger partial charge in [-0.2, -0.15) is 0 Å². The molecular weight excluding hydrogens is 444 g/mol. The fourth-order valence-corrected chi connectivity index (χ4v) is 4.31. The average molecular weight is 475 g/mol. The molecule has 4 nitrogen and oxygen atoms in total. The maximum atomic E-state index is 14.3. The zero-order valence-electron chi connectivity index (χ0n) is 21.1. The fraction of sp³-hybridized carbons (Fsp3) is 0.125. The second-order valence-electron chi connectivity index (χ2n) is 8.77. The van der Waals surface area contributed by atoms with Gasteiger partial charge in [-0.1, -0.05) is 84.9 Å². The number of nitrogens with zero attached hydrogens (tertiary/aromatic N) is 2. The molecule has 0 spiro atoms. The van der Waals surface area contributed by atoms with E-state index < -0.39 is 0 Å². The van der Waals surface area contributed by atoms with Crippen LogP contribution in [0.25, 0.3) is 0 Å². The van der Waals surface area contributed by atoms with Gasteiger partial charge < -0.3 is 9.80 Å². The molecule has 0 radical (unpaired) electrons. The molecule has 0 aliphatic heterocycles. The van der Waals surface area contributed by atoms with Crippen LogP contribution in [0, 0.1) is 13.8 Å². The molecule has 0 atom stereocenters. The maximum Gasteiger partial charge on any atom is 0.211 e. The molecule has 4 aromatic rings. The lowest BCUT2D eigenvalue weighted by molar-refractivity contribution is 0.0994. The minimum absolute atomic E-state index is 0.209. The average Bonchev–Trinajstić information content (AvgIpc) is 2.92. The summed E-state index contributed by atoms with van der Waals surface area (Å²) in [6.45, 7) is 3.83. The molecule has 0 bridgehead atoms. The molecule has 0 saturated heterocycles. The maximum absolute atomic E-state index is 14.3. The molecule has 0 N–H and O–H groups in total. The number of rotatable bonds is 8. The molecule has 4 heteroatoms. The van der Waals surface area contributed by atoms with Gasteiger partial charge >= 0.3 is 0 Å². The highest BCUT2D eigenvalue weighted by Crippen LogP contribution is 2.30. The van der Waals surface area contributed by atoms with E-state index in [2.05, 4.69) is 0 Å². The van der Waals surface area contributed by atoms with Crippen molar-refractivity contribution in [3.8, 4) is 0 Å². The summed E-state index contributed by atoms with van der Waals surface area (Å²) in [4.78, 5) is 32.2. The Morgan fingerprint density at radius 3 is 1.11 bits per heavy atom. The van der Waals surface area contributed by atoms with E-state index in [1.165, 1.54) is 0 Å². The van der Waals surface area contributed by atoms with Crippen LogP contribution in [0.3, 0.4) is 0 Å². The van der Waals surface area contributed by atoms with Crippen molar-refractivity contribution in [1.82, 2.24) is 0 Å². The van der Waals surface area contributed by atoms with Crippen LogP contribution >= 0.6 is 0 Å². The number of benzene rings is 4. The summed E-state index contributed by atoms with van der Waals surface area (Å²) in [6.07, 6.45) is 0. The Labute approximate surface area is 213 Å². The van der Waals surface area contributed by atoms with Crippen molar-refractivity contribution in [2.75, 3.05) is 23.9 Å². The zero-order valence-corrected chi connectivity index (χ0v) is 21.1. The van der Waals surface area contributed by atoms with Crippen LogP contribution in [-0.2, 0) is 0 Å². The Bertz CT molecular complexity index is 1300. The van der Waals surface area contributed by atoms with Crippen LogP contribution in [-0.4, -0.2) is 25.7 Å². The number of hydrogen-bond donors (Lipinski definition) is 0. The van der Waals surface area contributed by atoms with Crippen LogP contribution in [0.4, 0.5) is 11.4 Å². The van der Waals surface area contributed by atoms with Crippen molar-refractivity contribution in [1.29, 1.82) is 0 Å². The van der Waals surface area contributed by atoms with E-state index in [1.807, 2.05) is 147 Å². The lowest BCUT2D eigenvalue weighted by Crippen LogP contribution is -2.34. The van der Waals surface area contributed by atoms with Crippen molar-refractivity contribution in [2.24, 2.45) is 0 Å². The van der Waals surface area contributed by atoms with Gasteiger partial charge in [-0.3, -0.25) is 9.59 Å². The molecule has 0 heterocycles. The van der Waals surface area contributed by atoms with E-state index >= 15 is 0 Å². The first-order valence-electron chi connectivity index (χ1n) is 11.9. The molecular formula is C32H30N2O2. The smallest absolute Gasteiger partial charge is 0.211 e. The summed E-state index contributed by atoms with van der Waals surface area (Å²) in [6, 6.07) is 34.3. The van der Waals surface area contributed by atoms with Crippen molar-refractivity contribution in [2.45, 2.75) is 13.8 Å². The molecule has 4 aromatic carbocycles. The van der Waals surface area contributed by atoms with E-state index in [1.54, 1.807) is 0 Å². The molecule has 180 valence electrons. The number of carbonyl (C=O) groups is 2. The number of para-hydroxylation sites is 2. The molecule has 0 aliphatic rings. The van der Waals surface area contributed by atoms with E-state index in [4.69, 9.17) is 0 Å². The first-order valence-corrected chi connectivity index (χ1v) is 11.9. The second-order valence-corrected chi connectivity index (χ2v) is 8.77. The minimum atomic E-state index is -0.209. The number of hydrogen-bond acceptors (Lipinski definition) is 4. The highest BCUT2D eigenvalue weighted by Gasteiger charge is 2.31. The molecule has 0 aromatic heterocycles. The monoisotopic (exact) mass is 474 g/mol. The number of ketones is 2. The molecule has 0 fully saturated rings. The van der Waals surface area contributed by atoms with Gasteiger partial charge in [-0.05, 0) is 49.2 Å². The summed E-state index contributed by atoms with van der Waals surface area (Å²) >= 11 is 0. The van der Waals surface area contributed by atoms with Gasteiger partial charge in [0.1, 0.15) is 11.4 Å². The summed E-state index contributed by atoms with van der Waals surface area (Å²) in [5.41, 5.74) is 5.08. The van der Waals surface area contributed by atoms with Crippen molar-refractivity contribution in [3.63, 3.8) is 0 Å². The predicted molar refractivity (Wildman–Crippen MR) is 148 cm³/mol. The van der Waals surface area contributed by atoms with Gasteiger partial charge in [0.2, 0.25) is 11.6 Å². The minimum Gasteiger partial charge on any atom is -0.340 e. The lowest BCUT2D eigenvalue weighted by atomic mass is 9.95. The number of anilines is 2. The molecule has 0 aliphatic carbocycles. The van der Waals surface area contributed by atoms with E-state index in [-0.39, 0.29) is 11.6 Å². The predicted octanol–water partition coefficient (Wildman–Crippen LogP) is 6.85. The Morgan fingerprint density at radius 2 is 0.778 bits per heavy atom. The number of allylic oxidation sites excluding steroid dienone is 2. The second kappa shape index (κ2) is 10.9. The molecule has 36 heavy (non-hydrogen) atoms. The largest absolute Gasteiger partial charge is 0.340 e. The van der Waals surface area contributed by atoms with Gasteiger partial charge in [-0.25, -0.2) is 0 Å². The SMILES string of the molecule is Cc1ccccc1C(=O)/C(=C(\C(=O)c1ccccc1C)N(C)c1ccccc1)N(C)c1ccccc1. The highest BCUT2D eigenvalue weighted by atomic mass is 16.1. The molecule has 0 saturated carbocycles. The fourth-order valence-electron chi connectivity index (χ4n) is 4.31. The number of aryl methyl sites for hydroxylation is 2. The molecule has 4 rings (SSSR count). The van der Waals surface area contributed by atoms with Crippen LogP contribution < -0.4 is 9.80 Å². The number of carbonyl (C=O) groups excluding carboxylic acids is 2. The number of Topliss-reactive ketones (excluding diaryl/α,β-unsaturated/α-hetero) is 2. The third-order valence-corrected chi connectivity index (χ3v) is 6.39. The van der Waals surface area contributed by atoms with Gasteiger partial charge in [0.25, 0.3) is 0 Å². The normalized spacial score (nSPS) is 11.4. The Morgan fingerprint density at radius 1 is 0.472 bits per heavy atom. The molecule has 0 amide bonds. The zero-order chi connectivity index (χ0) is 25.7. The van der Waals surface area contributed by atoms with E-state index in [9.17, 15) is 9.59 Å². The van der Waals surface area contributed by atoms with Gasteiger partial charge in [0, 0.05) is 36.6 Å². The van der Waals surface area contributed by atoms with E-state index in [0.717, 1.165) is 22.5 Å². The summed E-state index contributed by atoms with van der Waals surface area (Å²) < 4.78 is 0. The van der Waals surface area contributed by atoms with Crippen molar-refractivity contribution >= 4 is 22.9 Å². The van der Waals surface area contributed by atoms with Crippen molar-refractivity contribution < 1.29 is 9.59 Å². The van der Waals surface area contributed by atoms with E-state index in [0.29, 0.717) is 22.5 Å². The quantitative estimate of drug-likeness (QED) is 0.207. The standard InChI is InChI=1S/C32H30N2O2/c1-23-15-11-13-21-27(23)31(35)29(33(3)25-17-7-5-8-18-25)30(34(4)26-19-9-6-10-20-26)32(36)28-22-14-12-16-24(28)2/h5-22H,1-4H3/b30-29-. The summed E-state index contributed by atoms with van der Waals surface area (Å²) in [7, 11) is 3.68. The van der Waals surface area contributed by atoms with Crippen LogP contribution in [0.2, 0.25) is 0 Å². The Hall–Kier alpha value is -4.44. The summed E-state index contributed by atoms with van der Waals surface area (Å²) in [5.74, 6) is -0.418. The third kappa shape index (κ3) is 4.98. The van der Waals surface area contributed by atoms with Crippen LogP contribution in [0.5, 0.6) is 0 Å². The molecule has 0 unspecified atom stereocenters. The van der Waals surface area contributed by atoms with Crippen LogP contribution in [0.1, 0.15) is 31.8 Å². The van der Waals surface area contributed by atoms with Gasteiger partial charge in [-0.15, -0.1) is 0 Å². The van der Waals surface area contributed by atoms with Gasteiger partial charge in [0.05, 0.1) is 0 Å². The third-order valence-electron chi connectivity index (χ3n) is 6.39. The Balaban J connectivity index is 2.04. The van der Waals surface area contributed by atoms with Crippen molar-refractivity contribution in [3.05, 3.63) is 143 Å². The van der Waals surface area contributed by atoms with Gasteiger partial charge in [0.15, 0.2) is 0 Å². The highest BCUT2D eigenvalue weighted by molar-refractivity contribution is 6.21. The van der Waals surface area contributed by atoms with Crippen LogP contribution in [0.15, 0.2) is 121 Å². The lowest BCUT2D eigenvalue weighted by Gasteiger charge is -2.30. The summed E-state index contributed by atoms with van der Waals surface area (Å²) in [5, 5.41) is 0.